The summed E-state index contributed by atoms with van der Waals surface area (Å²) >= 11 is 1.42. The van der Waals surface area contributed by atoms with Gasteiger partial charge in [0.15, 0.2) is 0 Å². The Kier molecular flexibility index (Phi) is 5.32. The van der Waals surface area contributed by atoms with E-state index in [4.69, 9.17) is 11.0 Å². The first-order chi connectivity index (χ1) is 7.63. The summed E-state index contributed by atoms with van der Waals surface area (Å²) in [6.45, 7) is 4.52. The average molecular weight is 240 g/mol. The van der Waals surface area contributed by atoms with E-state index in [0.717, 1.165) is 13.1 Å². The van der Waals surface area contributed by atoms with Crippen molar-refractivity contribution in [1.29, 1.82) is 5.26 Å². The fraction of sp³-hybridized carbons (Fsp3) is 0.600. The molecule has 0 aromatic heterocycles. The van der Waals surface area contributed by atoms with E-state index in [1.54, 1.807) is 6.92 Å². The molecule has 1 aliphatic rings. The van der Waals surface area contributed by atoms with Gasteiger partial charge < -0.3 is 11.1 Å². The highest BCUT2D eigenvalue weighted by Gasteiger charge is 2.20. The van der Waals surface area contributed by atoms with Crippen LogP contribution in [0.3, 0.4) is 0 Å². The Hall–Kier alpha value is -1.03. The van der Waals surface area contributed by atoms with E-state index >= 15 is 0 Å². The maximum absolute atomic E-state index is 10.7. The van der Waals surface area contributed by atoms with Crippen molar-refractivity contribution < 1.29 is 4.79 Å². The highest BCUT2D eigenvalue weighted by molar-refractivity contribution is 8.01. The molecule has 0 aromatic carbocycles. The van der Waals surface area contributed by atoms with E-state index in [0.29, 0.717) is 30.1 Å². The summed E-state index contributed by atoms with van der Waals surface area (Å²) < 4.78 is 2.04. The number of ketones is 1. The first-order valence-electron chi connectivity index (χ1n) is 5.15. The molecule has 16 heavy (non-hydrogen) atoms. The number of nitriles is 1. The average Bonchev–Trinajstić information content (AvgIpc) is 2.58. The van der Waals surface area contributed by atoms with Crippen LogP contribution in [0.25, 0.3) is 0 Å². The summed E-state index contributed by atoms with van der Waals surface area (Å²) in [5.41, 5.74) is 6.31. The van der Waals surface area contributed by atoms with Crippen molar-refractivity contribution in [3.63, 3.8) is 0 Å². The van der Waals surface area contributed by atoms with E-state index in [2.05, 4.69) is 11.4 Å². The fourth-order valence-corrected chi connectivity index (χ4v) is 2.16. The summed E-state index contributed by atoms with van der Waals surface area (Å²) in [5, 5.41) is 12.5. The highest BCUT2D eigenvalue weighted by Crippen LogP contribution is 2.27. The van der Waals surface area contributed by atoms with Crippen molar-refractivity contribution in [2.45, 2.75) is 13.3 Å². The molecule has 1 heterocycles. The van der Waals surface area contributed by atoms with E-state index in [1.165, 1.54) is 11.9 Å². The van der Waals surface area contributed by atoms with Gasteiger partial charge in [0.05, 0.1) is 16.7 Å². The van der Waals surface area contributed by atoms with Crippen molar-refractivity contribution in [2.24, 2.45) is 5.73 Å². The standard InChI is InChI=1S/C10H16N4OS/c1-8(15)2-3-13-4-5-14-7-9(6-11)10(12)16-14/h13H,2-5,7,12H2,1H3. The molecule has 0 spiro atoms. The molecule has 1 rings (SSSR count). The second kappa shape index (κ2) is 6.53. The lowest BCUT2D eigenvalue weighted by molar-refractivity contribution is -0.116. The third-order valence-electron chi connectivity index (χ3n) is 2.19. The van der Waals surface area contributed by atoms with Gasteiger partial charge in [0.2, 0.25) is 0 Å². The maximum Gasteiger partial charge on any atom is 0.131 e. The lowest BCUT2D eigenvalue weighted by Gasteiger charge is -2.13. The van der Waals surface area contributed by atoms with E-state index in [1.807, 2.05) is 4.31 Å². The van der Waals surface area contributed by atoms with Gasteiger partial charge >= 0.3 is 0 Å². The largest absolute Gasteiger partial charge is 0.392 e. The Morgan fingerprint density at radius 3 is 3.00 bits per heavy atom. The predicted molar refractivity (Wildman–Crippen MR) is 64.2 cm³/mol. The molecule has 0 radical (unpaired) electrons. The monoisotopic (exact) mass is 240 g/mol. The second-order valence-corrected chi connectivity index (χ2v) is 4.75. The molecular weight excluding hydrogens is 224 g/mol. The number of hydrogen-bond donors (Lipinski definition) is 2. The van der Waals surface area contributed by atoms with Crippen LogP contribution in [-0.4, -0.2) is 36.3 Å². The fourth-order valence-electron chi connectivity index (χ4n) is 1.29. The van der Waals surface area contributed by atoms with E-state index in [-0.39, 0.29) is 5.78 Å². The smallest absolute Gasteiger partial charge is 0.131 e. The molecule has 0 bridgehead atoms. The lowest BCUT2D eigenvalue weighted by atomic mass is 10.3. The third-order valence-corrected chi connectivity index (χ3v) is 3.20. The van der Waals surface area contributed by atoms with Gasteiger partial charge in [-0.15, -0.1) is 0 Å². The van der Waals surface area contributed by atoms with Crippen LogP contribution < -0.4 is 11.1 Å². The SMILES string of the molecule is CC(=O)CCNCCN1CC(C#N)=C(N)S1. The Bertz CT molecular complexity index is 334. The summed E-state index contributed by atoms with van der Waals surface area (Å²) in [4.78, 5) is 10.7. The minimum atomic E-state index is 0.195. The molecule has 0 saturated heterocycles. The van der Waals surface area contributed by atoms with Gasteiger partial charge in [-0.2, -0.15) is 5.26 Å². The van der Waals surface area contributed by atoms with Gasteiger partial charge in [-0.05, 0) is 18.9 Å². The molecule has 5 nitrogen and oxygen atoms in total. The number of Topliss-reactive ketones (excluding diaryl/α,β-unsaturated/α-hetero) is 1. The Morgan fingerprint density at radius 2 is 2.44 bits per heavy atom. The number of nitrogens with zero attached hydrogens (tertiary/aromatic N) is 2. The van der Waals surface area contributed by atoms with Gasteiger partial charge in [0.25, 0.3) is 0 Å². The van der Waals surface area contributed by atoms with Crippen LogP contribution in [0.2, 0.25) is 0 Å². The summed E-state index contributed by atoms with van der Waals surface area (Å²) in [6.07, 6.45) is 0.566. The zero-order valence-corrected chi connectivity index (χ0v) is 10.1. The number of carbonyl (C=O) groups excluding carboxylic acids is 1. The Balaban J connectivity index is 2.09. The molecule has 1 aliphatic heterocycles. The number of hydrogen-bond acceptors (Lipinski definition) is 6. The molecule has 0 fully saturated rings. The van der Waals surface area contributed by atoms with Gasteiger partial charge in [0.1, 0.15) is 5.78 Å². The summed E-state index contributed by atoms with van der Waals surface area (Å²) in [5.74, 6) is 0.195. The van der Waals surface area contributed by atoms with E-state index < -0.39 is 0 Å². The highest BCUT2D eigenvalue weighted by atomic mass is 32.2. The normalized spacial score (nSPS) is 16.5. The van der Waals surface area contributed by atoms with Gasteiger partial charge in [0, 0.05) is 32.6 Å². The van der Waals surface area contributed by atoms with Crippen molar-refractivity contribution in [3.05, 3.63) is 10.6 Å². The molecule has 3 N–H and O–H groups in total. The van der Waals surface area contributed by atoms with Gasteiger partial charge in [-0.1, -0.05) is 0 Å². The first-order valence-corrected chi connectivity index (χ1v) is 5.92. The first kappa shape index (κ1) is 13.0. The molecule has 0 unspecified atom stereocenters. The van der Waals surface area contributed by atoms with Crippen LogP contribution in [0.5, 0.6) is 0 Å². The molecule has 0 saturated carbocycles. The number of nitrogens with one attached hydrogen (secondary N) is 1. The van der Waals surface area contributed by atoms with Crippen LogP contribution in [0.4, 0.5) is 0 Å². The zero-order valence-electron chi connectivity index (χ0n) is 9.32. The van der Waals surface area contributed by atoms with Crippen LogP contribution in [0.1, 0.15) is 13.3 Å². The van der Waals surface area contributed by atoms with Crippen LogP contribution in [0, 0.1) is 11.3 Å². The minimum absolute atomic E-state index is 0.195. The molecule has 0 aromatic rings. The predicted octanol–water partition coefficient (Wildman–Crippen LogP) is 0.213. The second-order valence-electron chi connectivity index (χ2n) is 3.61. The maximum atomic E-state index is 10.7. The third kappa shape index (κ3) is 4.23. The summed E-state index contributed by atoms with van der Waals surface area (Å²) in [6, 6.07) is 2.09. The van der Waals surface area contributed by atoms with E-state index in [9.17, 15) is 4.79 Å². The molecule has 6 heteroatoms. The zero-order chi connectivity index (χ0) is 12.0. The van der Waals surface area contributed by atoms with Crippen LogP contribution in [0.15, 0.2) is 10.6 Å². The van der Waals surface area contributed by atoms with Crippen molar-refractivity contribution in [2.75, 3.05) is 26.2 Å². The molecule has 88 valence electrons. The molecule has 0 amide bonds. The van der Waals surface area contributed by atoms with Crippen molar-refractivity contribution in [3.8, 4) is 6.07 Å². The quantitative estimate of drug-likeness (QED) is 0.510. The van der Waals surface area contributed by atoms with Crippen molar-refractivity contribution in [1.82, 2.24) is 9.62 Å². The van der Waals surface area contributed by atoms with Crippen LogP contribution in [-0.2, 0) is 4.79 Å². The van der Waals surface area contributed by atoms with Gasteiger partial charge in [-0.3, -0.25) is 4.79 Å². The number of carbonyl (C=O) groups is 1. The summed E-state index contributed by atoms with van der Waals surface area (Å²) in [7, 11) is 0. The Labute approximate surface area is 99.8 Å². The minimum Gasteiger partial charge on any atom is -0.392 e. The molecule has 0 aliphatic carbocycles. The number of nitrogens with two attached hydrogens (primary N) is 1. The number of rotatable bonds is 6. The Morgan fingerprint density at radius 1 is 1.69 bits per heavy atom. The molecular formula is C10H16N4OS. The van der Waals surface area contributed by atoms with Gasteiger partial charge in [-0.25, -0.2) is 4.31 Å². The van der Waals surface area contributed by atoms with Crippen molar-refractivity contribution >= 4 is 17.7 Å². The topological polar surface area (TPSA) is 82.2 Å². The van der Waals surface area contributed by atoms with Crippen LogP contribution >= 0.6 is 11.9 Å². The lowest BCUT2D eigenvalue weighted by Crippen LogP contribution is -2.28. The molecule has 0 atom stereocenters.